The summed E-state index contributed by atoms with van der Waals surface area (Å²) >= 11 is 1.71. The van der Waals surface area contributed by atoms with Gasteiger partial charge in [-0.25, -0.2) is 18.1 Å². The van der Waals surface area contributed by atoms with Crippen molar-refractivity contribution in [3.63, 3.8) is 0 Å². The van der Waals surface area contributed by atoms with Crippen LogP contribution in [0.5, 0.6) is 0 Å². The van der Waals surface area contributed by atoms with Gasteiger partial charge in [-0.2, -0.15) is 11.8 Å². The molecule has 0 fully saturated rings. The Labute approximate surface area is 119 Å². The minimum Gasteiger partial charge on any atom is -0.370 e. The average molecular weight is 303 g/mol. The third-order valence-electron chi connectivity index (χ3n) is 2.48. The SMILES string of the molecule is CCNc1ccc(S(=O)(=O)NCC(C)CSC)cn1. The van der Waals surface area contributed by atoms with Crippen LogP contribution in [-0.4, -0.2) is 38.5 Å². The number of aromatic nitrogens is 1. The first-order chi connectivity index (χ1) is 8.99. The van der Waals surface area contributed by atoms with Crippen LogP contribution >= 0.6 is 11.8 Å². The summed E-state index contributed by atoms with van der Waals surface area (Å²) in [5, 5.41) is 3.02. The Morgan fingerprint density at radius 1 is 1.42 bits per heavy atom. The highest BCUT2D eigenvalue weighted by Crippen LogP contribution is 2.11. The van der Waals surface area contributed by atoms with Gasteiger partial charge in [0.2, 0.25) is 10.0 Å². The number of thioether (sulfide) groups is 1. The molecule has 19 heavy (non-hydrogen) atoms. The Morgan fingerprint density at radius 3 is 2.68 bits per heavy atom. The summed E-state index contributed by atoms with van der Waals surface area (Å²) in [5.74, 6) is 1.91. The van der Waals surface area contributed by atoms with Crippen LogP contribution in [0.4, 0.5) is 5.82 Å². The molecule has 2 N–H and O–H groups in total. The van der Waals surface area contributed by atoms with Crippen molar-refractivity contribution in [1.82, 2.24) is 9.71 Å². The summed E-state index contributed by atoms with van der Waals surface area (Å²) in [4.78, 5) is 4.26. The molecule has 1 heterocycles. The molecule has 1 aromatic rings. The first-order valence-corrected chi connectivity index (χ1v) is 9.05. The van der Waals surface area contributed by atoms with Crippen LogP contribution in [0.2, 0.25) is 0 Å². The standard InChI is InChI=1S/C12H21N3O2S2/c1-4-13-12-6-5-11(8-14-12)19(16,17)15-7-10(2)9-18-3/h5-6,8,10,15H,4,7,9H2,1-3H3,(H,13,14). The first kappa shape index (κ1) is 16.3. The molecule has 0 spiro atoms. The minimum absolute atomic E-state index is 0.200. The van der Waals surface area contributed by atoms with Crippen LogP contribution in [0.15, 0.2) is 23.2 Å². The molecule has 0 radical (unpaired) electrons. The van der Waals surface area contributed by atoms with Gasteiger partial charge in [0.1, 0.15) is 10.7 Å². The lowest BCUT2D eigenvalue weighted by Gasteiger charge is -2.12. The van der Waals surface area contributed by atoms with E-state index in [-0.39, 0.29) is 4.90 Å². The lowest BCUT2D eigenvalue weighted by Crippen LogP contribution is -2.29. The van der Waals surface area contributed by atoms with E-state index in [1.165, 1.54) is 6.20 Å². The van der Waals surface area contributed by atoms with Crippen molar-refractivity contribution in [2.75, 3.05) is 30.4 Å². The van der Waals surface area contributed by atoms with E-state index in [0.29, 0.717) is 18.3 Å². The van der Waals surface area contributed by atoms with E-state index in [9.17, 15) is 8.42 Å². The molecular weight excluding hydrogens is 282 g/mol. The van der Waals surface area contributed by atoms with Gasteiger partial charge in [-0.15, -0.1) is 0 Å². The maximum absolute atomic E-state index is 12.0. The molecule has 1 aromatic heterocycles. The number of hydrogen-bond donors (Lipinski definition) is 2. The number of rotatable bonds is 8. The Hall–Kier alpha value is -0.790. The summed E-state index contributed by atoms with van der Waals surface area (Å²) in [6.45, 7) is 5.17. The molecular formula is C12H21N3O2S2. The molecule has 1 atom stereocenters. The normalized spacial score (nSPS) is 13.2. The lowest BCUT2D eigenvalue weighted by atomic mass is 10.2. The third kappa shape index (κ3) is 5.38. The molecule has 0 bridgehead atoms. The van der Waals surface area contributed by atoms with E-state index in [1.54, 1.807) is 23.9 Å². The zero-order valence-electron chi connectivity index (χ0n) is 11.5. The molecule has 0 saturated heterocycles. The maximum Gasteiger partial charge on any atom is 0.242 e. The van der Waals surface area contributed by atoms with E-state index in [2.05, 4.69) is 15.0 Å². The van der Waals surface area contributed by atoms with Gasteiger partial charge >= 0.3 is 0 Å². The number of nitrogens with one attached hydrogen (secondary N) is 2. The van der Waals surface area contributed by atoms with Gasteiger partial charge in [-0.05, 0) is 37.0 Å². The molecule has 0 aliphatic carbocycles. The van der Waals surface area contributed by atoms with Crippen LogP contribution < -0.4 is 10.0 Å². The first-order valence-electron chi connectivity index (χ1n) is 6.18. The van der Waals surface area contributed by atoms with Crippen LogP contribution in [0.3, 0.4) is 0 Å². The summed E-state index contributed by atoms with van der Waals surface area (Å²) in [6.07, 6.45) is 3.38. The fraction of sp³-hybridized carbons (Fsp3) is 0.583. The second kappa shape index (κ2) is 7.72. The molecule has 0 aliphatic heterocycles. The molecule has 0 amide bonds. The van der Waals surface area contributed by atoms with Gasteiger partial charge in [-0.1, -0.05) is 6.92 Å². The second-order valence-electron chi connectivity index (χ2n) is 4.32. The fourth-order valence-corrected chi connectivity index (χ4v) is 3.30. The van der Waals surface area contributed by atoms with Crippen molar-refractivity contribution in [2.45, 2.75) is 18.7 Å². The van der Waals surface area contributed by atoms with Crippen molar-refractivity contribution >= 4 is 27.6 Å². The van der Waals surface area contributed by atoms with Gasteiger partial charge in [-0.3, -0.25) is 0 Å². The zero-order valence-corrected chi connectivity index (χ0v) is 13.1. The topological polar surface area (TPSA) is 71.1 Å². The Bertz CT molecular complexity index is 474. The summed E-state index contributed by atoms with van der Waals surface area (Å²) in [6, 6.07) is 3.23. The van der Waals surface area contributed by atoms with E-state index in [1.807, 2.05) is 20.1 Å². The summed E-state index contributed by atoms with van der Waals surface area (Å²) < 4.78 is 26.7. The molecule has 1 rings (SSSR count). The predicted molar refractivity (Wildman–Crippen MR) is 81.1 cm³/mol. The predicted octanol–water partition coefficient (Wildman–Crippen LogP) is 1.79. The molecule has 1 unspecified atom stereocenters. The van der Waals surface area contributed by atoms with E-state index < -0.39 is 10.0 Å². The van der Waals surface area contributed by atoms with Crippen molar-refractivity contribution in [2.24, 2.45) is 5.92 Å². The largest absolute Gasteiger partial charge is 0.370 e. The fourth-order valence-electron chi connectivity index (χ4n) is 1.50. The molecule has 0 aromatic carbocycles. The minimum atomic E-state index is -3.45. The van der Waals surface area contributed by atoms with Crippen molar-refractivity contribution in [3.8, 4) is 0 Å². The van der Waals surface area contributed by atoms with Crippen molar-refractivity contribution < 1.29 is 8.42 Å². The van der Waals surface area contributed by atoms with Crippen LogP contribution in [0, 0.1) is 5.92 Å². The quantitative estimate of drug-likeness (QED) is 0.766. The van der Waals surface area contributed by atoms with Crippen molar-refractivity contribution in [3.05, 3.63) is 18.3 Å². The summed E-state index contributed by atoms with van der Waals surface area (Å²) in [7, 11) is -3.45. The van der Waals surface area contributed by atoms with E-state index in [4.69, 9.17) is 0 Å². The van der Waals surface area contributed by atoms with E-state index in [0.717, 1.165) is 12.3 Å². The number of nitrogens with zero attached hydrogens (tertiary/aromatic N) is 1. The van der Waals surface area contributed by atoms with Crippen LogP contribution in [-0.2, 0) is 10.0 Å². The van der Waals surface area contributed by atoms with Gasteiger partial charge in [0.15, 0.2) is 0 Å². The highest BCUT2D eigenvalue weighted by atomic mass is 32.2. The van der Waals surface area contributed by atoms with Gasteiger partial charge in [0.05, 0.1) is 0 Å². The molecule has 108 valence electrons. The van der Waals surface area contributed by atoms with Gasteiger partial charge in [0.25, 0.3) is 0 Å². The lowest BCUT2D eigenvalue weighted by molar-refractivity contribution is 0.562. The Kier molecular flexibility index (Phi) is 6.60. The maximum atomic E-state index is 12.0. The van der Waals surface area contributed by atoms with Gasteiger partial charge < -0.3 is 5.32 Å². The molecule has 7 heteroatoms. The number of pyridine rings is 1. The number of hydrogen-bond acceptors (Lipinski definition) is 5. The highest BCUT2D eigenvalue weighted by Gasteiger charge is 2.15. The van der Waals surface area contributed by atoms with Crippen molar-refractivity contribution in [1.29, 1.82) is 0 Å². The number of anilines is 1. The average Bonchev–Trinajstić information content (AvgIpc) is 2.38. The highest BCUT2D eigenvalue weighted by molar-refractivity contribution is 7.98. The number of sulfonamides is 1. The molecule has 5 nitrogen and oxygen atoms in total. The zero-order chi connectivity index (χ0) is 14.3. The Morgan fingerprint density at radius 2 is 2.16 bits per heavy atom. The van der Waals surface area contributed by atoms with Crippen LogP contribution in [0.25, 0.3) is 0 Å². The Balaban J connectivity index is 2.66. The van der Waals surface area contributed by atoms with E-state index >= 15 is 0 Å². The molecule has 0 aliphatic rings. The van der Waals surface area contributed by atoms with Gasteiger partial charge in [0, 0.05) is 19.3 Å². The monoisotopic (exact) mass is 303 g/mol. The third-order valence-corrected chi connectivity index (χ3v) is 4.79. The second-order valence-corrected chi connectivity index (χ2v) is 7.00. The summed E-state index contributed by atoms with van der Waals surface area (Å²) in [5.41, 5.74) is 0. The van der Waals surface area contributed by atoms with Crippen LogP contribution in [0.1, 0.15) is 13.8 Å². The smallest absolute Gasteiger partial charge is 0.242 e. The molecule has 0 saturated carbocycles.